The number of sulfonamides is 1. The first-order valence-corrected chi connectivity index (χ1v) is 13.9. The van der Waals surface area contributed by atoms with Gasteiger partial charge < -0.3 is 9.16 Å². The average Bonchev–Trinajstić information content (AvgIpc) is 2.41. The Hall–Kier alpha value is -0.893. The summed E-state index contributed by atoms with van der Waals surface area (Å²) in [6.45, 7) is 17.8. The second-order valence-electron chi connectivity index (χ2n) is 9.29. The number of nitrogens with one attached hydrogen (secondary N) is 1. The fourth-order valence-corrected chi connectivity index (χ4v) is 5.14. The molecule has 26 heavy (non-hydrogen) atoms. The third kappa shape index (κ3) is 7.38. The minimum Gasteiger partial charge on any atom is -0.491 e. The lowest BCUT2D eigenvalue weighted by Gasteiger charge is -2.32. The van der Waals surface area contributed by atoms with Crippen LogP contribution in [0.15, 0.2) is 24.3 Å². The van der Waals surface area contributed by atoms with E-state index in [1.165, 1.54) is 0 Å². The summed E-state index contributed by atoms with van der Waals surface area (Å²) in [5.41, 5.74) is 0.485. The molecule has 1 atom stereocenters. The van der Waals surface area contributed by atoms with Gasteiger partial charge in [0.25, 0.3) is 0 Å². The third-order valence-electron chi connectivity index (χ3n) is 3.67. The summed E-state index contributed by atoms with van der Waals surface area (Å²) in [5, 5.41) is 0. The van der Waals surface area contributed by atoms with Gasteiger partial charge in [-0.3, -0.25) is 0 Å². The molecule has 0 bridgehead atoms. The lowest BCUT2D eigenvalue weighted by Crippen LogP contribution is -2.42. The molecule has 0 amide bonds. The van der Waals surface area contributed by atoms with E-state index >= 15 is 0 Å². The van der Waals surface area contributed by atoms with Crippen molar-refractivity contribution in [2.24, 2.45) is 0 Å². The molecule has 0 radical (unpaired) electrons. The highest BCUT2D eigenvalue weighted by Crippen LogP contribution is 2.24. The fourth-order valence-electron chi connectivity index (χ4n) is 2.47. The van der Waals surface area contributed by atoms with E-state index in [9.17, 15) is 8.42 Å². The summed E-state index contributed by atoms with van der Waals surface area (Å²) in [7, 11) is -5.08. The Morgan fingerprint density at radius 3 is 2.19 bits per heavy atom. The van der Waals surface area contributed by atoms with Crippen molar-refractivity contribution in [3.8, 4) is 5.75 Å². The number of rotatable bonds is 8. The number of hydrogen-bond acceptors (Lipinski definition) is 4. The van der Waals surface area contributed by atoms with Gasteiger partial charge in [-0.1, -0.05) is 12.1 Å². The summed E-state index contributed by atoms with van der Waals surface area (Å²) >= 11 is 0. The first-order chi connectivity index (χ1) is 11.5. The average molecular weight is 402 g/mol. The van der Waals surface area contributed by atoms with Gasteiger partial charge in [-0.05, 0) is 78.9 Å². The summed E-state index contributed by atoms with van der Waals surface area (Å²) in [5.74, 6) is 0.705. The molecule has 1 aromatic carbocycles. The zero-order valence-electron chi connectivity index (χ0n) is 17.6. The molecule has 0 aliphatic rings. The highest BCUT2D eigenvalue weighted by atomic mass is 32.2. The van der Waals surface area contributed by atoms with Crippen molar-refractivity contribution in [3.05, 3.63) is 29.8 Å². The van der Waals surface area contributed by atoms with Crippen molar-refractivity contribution in [1.29, 1.82) is 0 Å². The molecule has 0 fully saturated rings. The zero-order chi connectivity index (χ0) is 20.4. The van der Waals surface area contributed by atoms with Gasteiger partial charge >= 0.3 is 0 Å². The minimum atomic E-state index is -3.42. The number of hydrogen-bond donors (Lipinski definition) is 1. The molecule has 0 heterocycles. The Balaban J connectivity index is 2.82. The van der Waals surface area contributed by atoms with Gasteiger partial charge in [0.2, 0.25) is 10.0 Å². The van der Waals surface area contributed by atoms with E-state index in [0.717, 1.165) is 5.56 Å². The number of ether oxygens (including phenoxy) is 1. The van der Waals surface area contributed by atoms with Crippen molar-refractivity contribution in [2.75, 3.05) is 6.61 Å². The predicted molar refractivity (Wildman–Crippen MR) is 111 cm³/mol. The van der Waals surface area contributed by atoms with Gasteiger partial charge in [-0.25, -0.2) is 13.1 Å². The van der Waals surface area contributed by atoms with E-state index in [1.54, 1.807) is 20.8 Å². The maximum Gasteiger partial charge on any atom is 0.217 e. The highest BCUT2D eigenvalue weighted by molar-refractivity contribution is 7.90. The molecule has 0 saturated heterocycles. The topological polar surface area (TPSA) is 64.6 Å². The Kier molecular flexibility index (Phi) is 7.12. The standard InChI is InChI=1S/C19H35NO4SSi/c1-15(20-25(21,22)18(2,3)4)16-11-10-12-17(13-16)23-14-19(5,6)24-26(7,8)9/h10-13,15,20H,14H2,1-9H3. The van der Waals surface area contributed by atoms with Gasteiger partial charge in [0.1, 0.15) is 12.4 Å². The van der Waals surface area contributed by atoms with Crippen LogP contribution in [-0.4, -0.2) is 33.7 Å². The largest absolute Gasteiger partial charge is 0.491 e. The molecule has 1 rings (SSSR count). The minimum absolute atomic E-state index is 0.339. The molecular weight excluding hydrogens is 366 g/mol. The second-order valence-corrected chi connectivity index (χ2v) is 16.2. The molecule has 150 valence electrons. The number of benzene rings is 1. The summed E-state index contributed by atoms with van der Waals surface area (Å²) in [4.78, 5) is 0. The van der Waals surface area contributed by atoms with Gasteiger partial charge in [0, 0.05) is 6.04 Å². The molecule has 0 aliphatic heterocycles. The van der Waals surface area contributed by atoms with E-state index in [1.807, 2.05) is 45.0 Å². The highest BCUT2D eigenvalue weighted by Gasteiger charge is 2.31. The zero-order valence-corrected chi connectivity index (χ0v) is 19.5. The molecule has 0 aliphatic carbocycles. The molecule has 1 aromatic rings. The normalized spacial score (nSPS) is 15.0. The van der Waals surface area contributed by atoms with Crippen LogP contribution in [0.2, 0.25) is 19.6 Å². The first-order valence-electron chi connectivity index (χ1n) is 8.97. The van der Waals surface area contributed by atoms with Gasteiger partial charge in [-0.2, -0.15) is 0 Å². The maximum atomic E-state index is 12.4. The Labute approximate surface area is 160 Å². The summed E-state index contributed by atoms with van der Waals surface area (Å²) < 4.78 is 38.7. The molecule has 1 N–H and O–H groups in total. The van der Waals surface area contributed by atoms with Gasteiger partial charge in [0.05, 0.1) is 10.3 Å². The smallest absolute Gasteiger partial charge is 0.217 e. The Bertz CT molecular complexity index is 703. The van der Waals surface area contributed by atoms with Crippen LogP contribution in [0.1, 0.15) is 53.1 Å². The van der Waals surface area contributed by atoms with Crippen molar-refractivity contribution in [2.45, 2.75) is 77.6 Å². The van der Waals surface area contributed by atoms with Crippen LogP contribution >= 0.6 is 0 Å². The van der Waals surface area contributed by atoms with E-state index in [2.05, 4.69) is 24.4 Å². The SMILES string of the molecule is CC(NS(=O)(=O)C(C)(C)C)c1cccc(OCC(C)(C)O[Si](C)(C)C)c1. The quantitative estimate of drug-likeness (QED) is 0.653. The summed E-state index contributed by atoms with van der Waals surface area (Å²) in [6.07, 6.45) is 0. The fraction of sp³-hybridized carbons (Fsp3) is 0.684. The summed E-state index contributed by atoms with van der Waals surface area (Å²) in [6, 6.07) is 7.18. The maximum absolute atomic E-state index is 12.4. The Morgan fingerprint density at radius 2 is 1.69 bits per heavy atom. The van der Waals surface area contributed by atoms with E-state index in [0.29, 0.717) is 12.4 Å². The molecule has 7 heteroatoms. The molecule has 1 unspecified atom stereocenters. The van der Waals surface area contributed by atoms with Crippen molar-refractivity contribution >= 4 is 18.3 Å². The van der Waals surface area contributed by atoms with Crippen molar-refractivity contribution < 1.29 is 17.6 Å². The van der Waals surface area contributed by atoms with Crippen LogP contribution in [0.4, 0.5) is 0 Å². The first kappa shape index (κ1) is 23.1. The molecule has 0 saturated carbocycles. The molecular formula is C19H35NO4SSi. The van der Waals surface area contributed by atoms with Gasteiger partial charge in [-0.15, -0.1) is 0 Å². The molecule has 0 aromatic heterocycles. The van der Waals surface area contributed by atoms with Crippen LogP contribution in [0.5, 0.6) is 5.75 Å². The Morgan fingerprint density at radius 1 is 1.12 bits per heavy atom. The molecule has 5 nitrogen and oxygen atoms in total. The molecule has 0 spiro atoms. The van der Waals surface area contributed by atoms with Crippen LogP contribution in [0.25, 0.3) is 0 Å². The van der Waals surface area contributed by atoms with Crippen LogP contribution in [0, 0.1) is 0 Å². The third-order valence-corrected chi connectivity index (χ3v) is 7.11. The van der Waals surface area contributed by atoms with E-state index in [4.69, 9.17) is 9.16 Å². The van der Waals surface area contributed by atoms with E-state index in [-0.39, 0.29) is 11.6 Å². The second kappa shape index (κ2) is 8.00. The lowest BCUT2D eigenvalue weighted by atomic mass is 10.1. The van der Waals surface area contributed by atoms with Gasteiger partial charge in [0.15, 0.2) is 8.32 Å². The van der Waals surface area contributed by atoms with Crippen molar-refractivity contribution in [1.82, 2.24) is 4.72 Å². The van der Waals surface area contributed by atoms with Crippen LogP contribution in [0.3, 0.4) is 0 Å². The predicted octanol–water partition coefficient (Wildman–Crippen LogP) is 4.47. The van der Waals surface area contributed by atoms with E-state index < -0.39 is 23.1 Å². The van der Waals surface area contributed by atoms with Crippen molar-refractivity contribution in [3.63, 3.8) is 0 Å². The van der Waals surface area contributed by atoms with Crippen LogP contribution < -0.4 is 9.46 Å². The van der Waals surface area contributed by atoms with Crippen LogP contribution in [-0.2, 0) is 14.4 Å². The lowest BCUT2D eigenvalue weighted by molar-refractivity contribution is 0.0453. The monoisotopic (exact) mass is 401 g/mol.